The first-order valence-electron chi connectivity index (χ1n) is 7.27. The number of methoxy groups -OCH3 is 1. The molecular weight excluding hydrogens is 250 g/mol. The fraction of sp³-hybridized carbons (Fsp3) is 0.438. The summed E-state index contributed by atoms with van der Waals surface area (Å²) in [6.07, 6.45) is 2.07. The highest BCUT2D eigenvalue weighted by atomic mass is 16.5. The molecule has 1 aromatic heterocycles. The number of aromatic nitrogens is 2. The minimum atomic E-state index is 0.893. The molecule has 1 N–H and O–H groups in total. The minimum Gasteiger partial charge on any atom is -0.497 e. The molecule has 0 spiro atoms. The van der Waals surface area contributed by atoms with E-state index < -0.39 is 0 Å². The molecule has 1 aliphatic rings. The van der Waals surface area contributed by atoms with E-state index in [1.165, 1.54) is 22.5 Å². The van der Waals surface area contributed by atoms with E-state index in [0.717, 1.165) is 38.2 Å². The van der Waals surface area contributed by atoms with Crippen molar-refractivity contribution < 1.29 is 4.74 Å². The van der Waals surface area contributed by atoms with Crippen LogP contribution in [0.4, 0.5) is 0 Å². The number of ether oxygens (including phenoxy) is 1. The lowest BCUT2D eigenvalue weighted by Crippen LogP contribution is -2.17. The Bertz CT molecular complexity index is 587. The lowest BCUT2D eigenvalue weighted by Gasteiger charge is -2.09. The van der Waals surface area contributed by atoms with Crippen molar-refractivity contribution in [2.45, 2.75) is 26.3 Å². The minimum absolute atomic E-state index is 0.893. The zero-order chi connectivity index (χ0) is 13.9. The first kappa shape index (κ1) is 13.2. The van der Waals surface area contributed by atoms with Gasteiger partial charge in [0.1, 0.15) is 5.75 Å². The first-order valence-corrected chi connectivity index (χ1v) is 7.27. The molecule has 2 aromatic rings. The fourth-order valence-electron chi connectivity index (χ4n) is 2.86. The molecule has 0 aliphatic carbocycles. The number of hydrogen-bond acceptors (Lipinski definition) is 3. The third-order valence-corrected chi connectivity index (χ3v) is 3.89. The maximum atomic E-state index is 5.24. The maximum absolute atomic E-state index is 5.24. The number of nitrogens with one attached hydrogen (secondary N) is 1. The van der Waals surface area contributed by atoms with Gasteiger partial charge in [-0.2, -0.15) is 5.10 Å². The quantitative estimate of drug-likeness (QED) is 0.930. The van der Waals surface area contributed by atoms with Gasteiger partial charge in [0, 0.05) is 30.6 Å². The van der Waals surface area contributed by atoms with Gasteiger partial charge in [-0.15, -0.1) is 0 Å². The number of fused-ring (bicyclic) bond motifs is 1. The number of rotatable bonds is 3. The largest absolute Gasteiger partial charge is 0.497 e. The third-order valence-electron chi connectivity index (χ3n) is 3.89. The molecule has 0 fully saturated rings. The Balaban J connectivity index is 2.08. The number of benzene rings is 1. The summed E-state index contributed by atoms with van der Waals surface area (Å²) in [5, 5.41) is 8.24. The van der Waals surface area contributed by atoms with Gasteiger partial charge < -0.3 is 10.1 Å². The van der Waals surface area contributed by atoms with Crippen LogP contribution < -0.4 is 10.1 Å². The van der Waals surface area contributed by atoms with Crippen LogP contribution in [0.3, 0.4) is 0 Å². The van der Waals surface area contributed by atoms with Gasteiger partial charge in [0.05, 0.1) is 18.5 Å². The van der Waals surface area contributed by atoms with Crippen molar-refractivity contribution in [3.63, 3.8) is 0 Å². The van der Waals surface area contributed by atoms with Crippen LogP contribution in [0.15, 0.2) is 24.3 Å². The highest BCUT2D eigenvalue weighted by Crippen LogP contribution is 2.29. The SMILES string of the molecule is CCn1nc2c(c1-c1ccc(OC)cc1)CCNCC2. The second-order valence-electron chi connectivity index (χ2n) is 5.07. The number of hydrogen-bond donors (Lipinski definition) is 1. The average Bonchev–Trinajstić information content (AvgIpc) is 2.69. The number of aryl methyl sites for hydroxylation is 1. The van der Waals surface area contributed by atoms with Crippen LogP contribution in [-0.4, -0.2) is 30.0 Å². The molecule has 4 nitrogen and oxygen atoms in total. The molecule has 3 rings (SSSR count). The molecule has 0 saturated heterocycles. The summed E-state index contributed by atoms with van der Waals surface area (Å²) in [7, 11) is 1.70. The van der Waals surface area contributed by atoms with Crippen molar-refractivity contribution in [3.8, 4) is 17.0 Å². The molecular formula is C16H21N3O. The van der Waals surface area contributed by atoms with Crippen LogP contribution in [0.5, 0.6) is 5.75 Å². The smallest absolute Gasteiger partial charge is 0.118 e. The van der Waals surface area contributed by atoms with E-state index in [9.17, 15) is 0 Å². The van der Waals surface area contributed by atoms with E-state index in [2.05, 4.69) is 29.1 Å². The van der Waals surface area contributed by atoms with Crippen LogP contribution in [0.25, 0.3) is 11.3 Å². The summed E-state index contributed by atoms with van der Waals surface area (Å²) in [6, 6.07) is 8.29. The Labute approximate surface area is 119 Å². The molecule has 0 amide bonds. The average molecular weight is 271 g/mol. The molecule has 0 radical (unpaired) electrons. The van der Waals surface area contributed by atoms with Crippen LogP contribution in [0.2, 0.25) is 0 Å². The zero-order valence-electron chi connectivity index (χ0n) is 12.1. The molecule has 0 atom stereocenters. The summed E-state index contributed by atoms with van der Waals surface area (Å²) >= 11 is 0. The molecule has 0 bridgehead atoms. The molecule has 1 aromatic carbocycles. The van der Waals surface area contributed by atoms with Gasteiger partial charge >= 0.3 is 0 Å². The maximum Gasteiger partial charge on any atom is 0.118 e. The molecule has 0 unspecified atom stereocenters. The summed E-state index contributed by atoms with van der Waals surface area (Å²) in [4.78, 5) is 0. The summed E-state index contributed by atoms with van der Waals surface area (Å²) in [5.41, 5.74) is 5.15. The molecule has 0 saturated carbocycles. The highest BCUT2D eigenvalue weighted by molar-refractivity contribution is 5.66. The Morgan fingerprint density at radius 3 is 2.65 bits per heavy atom. The Kier molecular flexibility index (Phi) is 3.74. The topological polar surface area (TPSA) is 39.1 Å². The van der Waals surface area contributed by atoms with Crippen LogP contribution in [0, 0.1) is 0 Å². The van der Waals surface area contributed by atoms with Crippen molar-refractivity contribution in [1.29, 1.82) is 0 Å². The lowest BCUT2D eigenvalue weighted by atomic mass is 10.0. The molecule has 2 heterocycles. The molecule has 106 valence electrons. The standard InChI is InChI=1S/C16H21N3O/c1-3-19-16(12-4-6-13(20-2)7-5-12)14-8-10-17-11-9-15(14)18-19/h4-7,17H,3,8-11H2,1-2H3. The van der Waals surface area contributed by atoms with Gasteiger partial charge in [-0.3, -0.25) is 4.68 Å². The molecule has 20 heavy (non-hydrogen) atoms. The van der Waals surface area contributed by atoms with Crippen LogP contribution >= 0.6 is 0 Å². The second-order valence-corrected chi connectivity index (χ2v) is 5.07. The van der Waals surface area contributed by atoms with E-state index in [1.807, 2.05) is 12.1 Å². The van der Waals surface area contributed by atoms with Crippen LogP contribution in [0.1, 0.15) is 18.2 Å². The lowest BCUT2D eigenvalue weighted by molar-refractivity contribution is 0.415. The summed E-state index contributed by atoms with van der Waals surface area (Å²) in [5.74, 6) is 0.893. The Morgan fingerprint density at radius 2 is 1.95 bits per heavy atom. The van der Waals surface area contributed by atoms with Gasteiger partial charge in [0.2, 0.25) is 0 Å². The predicted molar refractivity (Wildman–Crippen MR) is 80.2 cm³/mol. The predicted octanol–water partition coefficient (Wildman–Crippen LogP) is 2.27. The summed E-state index contributed by atoms with van der Waals surface area (Å²) < 4.78 is 7.38. The highest BCUT2D eigenvalue weighted by Gasteiger charge is 2.19. The Hall–Kier alpha value is -1.81. The molecule has 1 aliphatic heterocycles. The zero-order valence-corrected chi connectivity index (χ0v) is 12.1. The van der Waals surface area contributed by atoms with Gasteiger partial charge in [0.15, 0.2) is 0 Å². The van der Waals surface area contributed by atoms with Gasteiger partial charge in [-0.1, -0.05) is 0 Å². The van der Waals surface area contributed by atoms with Crippen molar-refractivity contribution in [2.24, 2.45) is 0 Å². The normalized spacial score (nSPS) is 14.7. The van der Waals surface area contributed by atoms with E-state index in [-0.39, 0.29) is 0 Å². The van der Waals surface area contributed by atoms with Crippen molar-refractivity contribution in [2.75, 3.05) is 20.2 Å². The van der Waals surface area contributed by atoms with Crippen molar-refractivity contribution in [3.05, 3.63) is 35.5 Å². The second kappa shape index (κ2) is 5.67. The fourth-order valence-corrected chi connectivity index (χ4v) is 2.86. The van der Waals surface area contributed by atoms with Crippen LogP contribution in [-0.2, 0) is 19.4 Å². The van der Waals surface area contributed by atoms with Crippen molar-refractivity contribution in [1.82, 2.24) is 15.1 Å². The molecule has 4 heteroatoms. The monoisotopic (exact) mass is 271 g/mol. The summed E-state index contributed by atoms with van der Waals surface area (Å²) in [6.45, 7) is 5.11. The van der Waals surface area contributed by atoms with Gasteiger partial charge in [0.25, 0.3) is 0 Å². The van der Waals surface area contributed by atoms with Crippen molar-refractivity contribution >= 4 is 0 Å². The first-order chi connectivity index (χ1) is 9.83. The van der Waals surface area contributed by atoms with Gasteiger partial charge in [-0.05, 0) is 44.2 Å². The number of nitrogens with zero attached hydrogens (tertiary/aromatic N) is 2. The van der Waals surface area contributed by atoms with E-state index in [1.54, 1.807) is 7.11 Å². The van der Waals surface area contributed by atoms with E-state index >= 15 is 0 Å². The van der Waals surface area contributed by atoms with E-state index in [4.69, 9.17) is 9.84 Å². The van der Waals surface area contributed by atoms with Gasteiger partial charge in [-0.25, -0.2) is 0 Å². The van der Waals surface area contributed by atoms with E-state index in [0.29, 0.717) is 0 Å². The Morgan fingerprint density at radius 1 is 1.20 bits per heavy atom. The third kappa shape index (κ3) is 2.31.